The number of aryl methyl sites for hydroxylation is 2. The van der Waals surface area contributed by atoms with Gasteiger partial charge >= 0.3 is 0 Å². The number of hydrogen-bond donors (Lipinski definition) is 1. The van der Waals surface area contributed by atoms with Gasteiger partial charge in [-0.3, -0.25) is 9.59 Å². The van der Waals surface area contributed by atoms with E-state index in [2.05, 4.69) is 19.2 Å². The first-order valence-corrected chi connectivity index (χ1v) is 9.52. The highest BCUT2D eigenvalue weighted by molar-refractivity contribution is 6.01. The zero-order chi connectivity index (χ0) is 19.4. The normalized spacial score (nSPS) is 15.9. The Balaban J connectivity index is 1.72. The molecule has 2 amide bonds. The Labute approximate surface area is 160 Å². The second-order valence-corrected chi connectivity index (χ2v) is 6.67. The minimum absolute atomic E-state index is 0.0879. The zero-order valence-corrected chi connectivity index (χ0v) is 16.1. The van der Waals surface area contributed by atoms with Crippen LogP contribution in [0.5, 0.6) is 5.75 Å². The van der Waals surface area contributed by atoms with Gasteiger partial charge in [0, 0.05) is 18.7 Å². The first-order valence-electron chi connectivity index (χ1n) is 9.52. The Kier molecular flexibility index (Phi) is 5.79. The van der Waals surface area contributed by atoms with Crippen molar-refractivity contribution in [2.45, 2.75) is 46.1 Å². The van der Waals surface area contributed by atoms with E-state index in [1.165, 1.54) is 0 Å². The van der Waals surface area contributed by atoms with Crippen LogP contribution in [-0.2, 0) is 22.4 Å². The summed E-state index contributed by atoms with van der Waals surface area (Å²) in [5.41, 5.74) is 3.89. The Morgan fingerprint density at radius 3 is 2.41 bits per heavy atom. The monoisotopic (exact) mass is 366 g/mol. The number of amides is 2. The molecule has 1 aliphatic rings. The fourth-order valence-corrected chi connectivity index (χ4v) is 3.41. The standard InChI is InChI=1S/C22H26N2O3/c1-4-16-9-8-10-17(5-2)21(16)23-20(25)13-14-24-18-11-6-7-12-19(18)27-15(3)22(24)26/h6-12,15H,4-5,13-14H2,1-3H3,(H,23,25). The van der Waals surface area contributed by atoms with Crippen molar-refractivity contribution in [3.63, 3.8) is 0 Å². The van der Waals surface area contributed by atoms with E-state index >= 15 is 0 Å². The average molecular weight is 366 g/mol. The van der Waals surface area contributed by atoms with Crippen LogP contribution in [-0.4, -0.2) is 24.5 Å². The molecule has 3 rings (SSSR count). The lowest BCUT2D eigenvalue weighted by atomic mass is 10.0. The van der Waals surface area contributed by atoms with Crippen LogP contribution in [0.3, 0.4) is 0 Å². The van der Waals surface area contributed by atoms with Gasteiger partial charge < -0.3 is 15.0 Å². The second-order valence-electron chi connectivity index (χ2n) is 6.67. The van der Waals surface area contributed by atoms with Gasteiger partial charge in [0.25, 0.3) is 5.91 Å². The predicted molar refractivity (Wildman–Crippen MR) is 107 cm³/mol. The molecule has 2 aromatic rings. The largest absolute Gasteiger partial charge is 0.479 e. The summed E-state index contributed by atoms with van der Waals surface area (Å²) in [5, 5.41) is 3.06. The molecular weight excluding hydrogens is 340 g/mol. The summed E-state index contributed by atoms with van der Waals surface area (Å²) in [7, 11) is 0. The van der Waals surface area contributed by atoms with E-state index in [0.717, 1.165) is 35.3 Å². The maximum atomic E-state index is 12.6. The summed E-state index contributed by atoms with van der Waals surface area (Å²) in [6.07, 6.45) is 1.40. The van der Waals surface area contributed by atoms with E-state index in [1.807, 2.05) is 42.5 Å². The number of nitrogens with one attached hydrogen (secondary N) is 1. The van der Waals surface area contributed by atoms with Crippen LogP contribution in [0.1, 0.15) is 38.3 Å². The third-order valence-corrected chi connectivity index (χ3v) is 4.90. The van der Waals surface area contributed by atoms with Crippen molar-refractivity contribution in [2.75, 3.05) is 16.8 Å². The molecule has 5 heteroatoms. The third kappa shape index (κ3) is 3.97. The maximum Gasteiger partial charge on any atom is 0.267 e. The van der Waals surface area contributed by atoms with Gasteiger partial charge in [-0.2, -0.15) is 0 Å². The molecule has 0 saturated carbocycles. The fraction of sp³-hybridized carbons (Fsp3) is 0.364. The lowest BCUT2D eigenvalue weighted by Gasteiger charge is -2.32. The third-order valence-electron chi connectivity index (χ3n) is 4.90. The number of carbonyl (C=O) groups is 2. The molecule has 1 unspecified atom stereocenters. The molecule has 1 N–H and O–H groups in total. The number of anilines is 2. The highest BCUT2D eigenvalue weighted by Gasteiger charge is 2.31. The van der Waals surface area contributed by atoms with Gasteiger partial charge in [0.2, 0.25) is 5.91 Å². The molecule has 0 saturated heterocycles. The Morgan fingerprint density at radius 2 is 1.74 bits per heavy atom. The van der Waals surface area contributed by atoms with Crippen molar-refractivity contribution < 1.29 is 14.3 Å². The predicted octanol–water partition coefficient (Wildman–Crippen LogP) is 3.95. The second kappa shape index (κ2) is 8.25. The molecule has 0 radical (unpaired) electrons. The number of carbonyl (C=O) groups excluding carboxylic acids is 2. The van der Waals surface area contributed by atoms with Gasteiger partial charge in [0.05, 0.1) is 5.69 Å². The fourth-order valence-electron chi connectivity index (χ4n) is 3.41. The van der Waals surface area contributed by atoms with E-state index in [0.29, 0.717) is 12.3 Å². The Bertz CT molecular complexity index is 825. The van der Waals surface area contributed by atoms with E-state index in [-0.39, 0.29) is 18.2 Å². The number of fused-ring (bicyclic) bond motifs is 1. The smallest absolute Gasteiger partial charge is 0.267 e. The number of ether oxygens (including phenoxy) is 1. The van der Waals surface area contributed by atoms with Gasteiger partial charge in [-0.05, 0) is 43.0 Å². The van der Waals surface area contributed by atoms with Crippen molar-refractivity contribution in [3.05, 3.63) is 53.6 Å². The van der Waals surface area contributed by atoms with Crippen LogP contribution in [0.4, 0.5) is 11.4 Å². The van der Waals surface area contributed by atoms with Gasteiger partial charge in [-0.25, -0.2) is 0 Å². The van der Waals surface area contributed by atoms with Crippen molar-refractivity contribution in [2.24, 2.45) is 0 Å². The highest BCUT2D eigenvalue weighted by Crippen LogP contribution is 2.33. The molecule has 0 aromatic heterocycles. The summed E-state index contributed by atoms with van der Waals surface area (Å²) in [6, 6.07) is 13.5. The van der Waals surface area contributed by atoms with E-state index in [4.69, 9.17) is 4.74 Å². The first kappa shape index (κ1) is 19.0. The van der Waals surface area contributed by atoms with Crippen LogP contribution in [0, 0.1) is 0 Å². The summed E-state index contributed by atoms with van der Waals surface area (Å²) in [5.74, 6) is 0.467. The van der Waals surface area contributed by atoms with Crippen LogP contribution in [0.15, 0.2) is 42.5 Å². The quantitative estimate of drug-likeness (QED) is 0.842. The van der Waals surface area contributed by atoms with Gasteiger partial charge in [-0.15, -0.1) is 0 Å². The number of nitrogens with zero attached hydrogens (tertiary/aromatic N) is 1. The highest BCUT2D eigenvalue weighted by atomic mass is 16.5. The molecule has 0 spiro atoms. The van der Waals surface area contributed by atoms with Crippen LogP contribution in [0.25, 0.3) is 0 Å². The molecular formula is C22H26N2O3. The van der Waals surface area contributed by atoms with E-state index < -0.39 is 6.10 Å². The topological polar surface area (TPSA) is 58.6 Å². The lowest BCUT2D eigenvalue weighted by Crippen LogP contribution is -2.45. The van der Waals surface area contributed by atoms with Crippen LogP contribution < -0.4 is 15.0 Å². The van der Waals surface area contributed by atoms with Crippen LogP contribution >= 0.6 is 0 Å². The van der Waals surface area contributed by atoms with E-state index in [9.17, 15) is 9.59 Å². The van der Waals surface area contributed by atoms with Gasteiger partial charge in [0.1, 0.15) is 5.75 Å². The van der Waals surface area contributed by atoms with Crippen LogP contribution in [0.2, 0.25) is 0 Å². The number of hydrogen-bond acceptors (Lipinski definition) is 3. The molecule has 1 heterocycles. The zero-order valence-electron chi connectivity index (χ0n) is 16.1. The number of benzene rings is 2. The molecule has 2 aromatic carbocycles. The summed E-state index contributed by atoms with van der Waals surface area (Å²) >= 11 is 0. The molecule has 0 aliphatic carbocycles. The molecule has 5 nitrogen and oxygen atoms in total. The van der Waals surface area contributed by atoms with Gasteiger partial charge in [0.15, 0.2) is 6.10 Å². The Hall–Kier alpha value is -2.82. The van der Waals surface area contributed by atoms with Crippen molar-refractivity contribution in [1.29, 1.82) is 0 Å². The van der Waals surface area contributed by atoms with Crippen molar-refractivity contribution in [1.82, 2.24) is 0 Å². The minimum atomic E-state index is -0.546. The molecule has 1 aliphatic heterocycles. The summed E-state index contributed by atoms with van der Waals surface area (Å²) in [6.45, 7) is 6.21. The summed E-state index contributed by atoms with van der Waals surface area (Å²) < 4.78 is 5.65. The van der Waals surface area contributed by atoms with Crippen molar-refractivity contribution >= 4 is 23.2 Å². The lowest BCUT2D eigenvalue weighted by molar-refractivity contribution is -0.125. The first-order chi connectivity index (χ1) is 13.0. The average Bonchev–Trinajstić information content (AvgIpc) is 2.68. The number of rotatable bonds is 6. The molecule has 27 heavy (non-hydrogen) atoms. The molecule has 0 bridgehead atoms. The minimum Gasteiger partial charge on any atom is -0.479 e. The molecule has 142 valence electrons. The summed E-state index contributed by atoms with van der Waals surface area (Å²) in [4.78, 5) is 26.8. The SMILES string of the molecule is CCc1cccc(CC)c1NC(=O)CCN1C(=O)C(C)Oc2ccccc21. The maximum absolute atomic E-state index is 12.6. The van der Waals surface area contributed by atoms with Crippen molar-refractivity contribution in [3.8, 4) is 5.75 Å². The van der Waals surface area contributed by atoms with E-state index in [1.54, 1.807) is 11.8 Å². The molecule has 1 atom stereocenters. The Morgan fingerprint density at radius 1 is 1.07 bits per heavy atom. The van der Waals surface area contributed by atoms with Gasteiger partial charge in [-0.1, -0.05) is 44.2 Å². The molecule has 0 fully saturated rings. The number of para-hydroxylation sites is 3.